The van der Waals surface area contributed by atoms with Crippen molar-refractivity contribution in [3.8, 4) is 0 Å². The summed E-state index contributed by atoms with van der Waals surface area (Å²) in [5.74, 6) is -1.11. The molecule has 1 heterocycles. The van der Waals surface area contributed by atoms with Crippen LogP contribution < -0.4 is 5.56 Å². The zero-order chi connectivity index (χ0) is 9.30. The molecule has 0 aliphatic rings. The fourth-order valence-electron chi connectivity index (χ4n) is 0.859. The van der Waals surface area contributed by atoms with Crippen LogP contribution in [0.25, 0.3) is 0 Å². The fourth-order valence-corrected chi connectivity index (χ4v) is 1.46. The summed E-state index contributed by atoms with van der Waals surface area (Å²) in [5.41, 5.74) is 0.103. The summed E-state index contributed by atoms with van der Waals surface area (Å²) in [6.45, 7) is 1.62. The van der Waals surface area contributed by atoms with Gasteiger partial charge in [-0.25, -0.2) is 4.79 Å². The molecule has 0 aromatic carbocycles. The fraction of sp³-hybridized carbons (Fsp3) is 0.143. The Kier molecular flexibility index (Phi) is 2.32. The van der Waals surface area contributed by atoms with Crippen molar-refractivity contribution in [2.45, 2.75) is 6.92 Å². The summed E-state index contributed by atoms with van der Waals surface area (Å²) < 4.78 is 0.0648. The van der Waals surface area contributed by atoms with Gasteiger partial charge in [0.15, 0.2) is 0 Å². The summed E-state index contributed by atoms with van der Waals surface area (Å²) in [7, 11) is 0. The van der Waals surface area contributed by atoms with Gasteiger partial charge in [0.1, 0.15) is 0 Å². The van der Waals surface area contributed by atoms with Gasteiger partial charge < -0.3 is 10.1 Å². The van der Waals surface area contributed by atoms with Crippen molar-refractivity contribution in [2.75, 3.05) is 0 Å². The second-order valence-electron chi connectivity index (χ2n) is 2.29. The third kappa shape index (κ3) is 1.40. The molecule has 64 valence electrons. The maximum atomic E-state index is 10.9. The summed E-state index contributed by atoms with van der Waals surface area (Å²) in [4.78, 5) is 23.9. The van der Waals surface area contributed by atoms with Crippen molar-refractivity contribution in [3.63, 3.8) is 0 Å². The largest absolute Gasteiger partial charge is 0.478 e. The average Bonchev–Trinajstić information content (AvgIpc) is 1.97. The Hall–Kier alpha value is -1.10. The van der Waals surface area contributed by atoms with Crippen LogP contribution in [0.3, 0.4) is 0 Å². The van der Waals surface area contributed by atoms with Crippen LogP contribution in [0.15, 0.2) is 15.5 Å². The molecular formula is C7H6BrNO3. The number of pyridine rings is 1. The standard InChI is InChI=1S/C7H6BrNO3/c1-3-2-9-6(10)5(8)4(3)7(11)12/h2H,1H3,(H,9,10)(H,11,12). The minimum Gasteiger partial charge on any atom is -0.478 e. The SMILES string of the molecule is Cc1c[nH]c(=O)c(Br)c1C(=O)O. The van der Waals surface area contributed by atoms with Crippen molar-refractivity contribution in [2.24, 2.45) is 0 Å². The Balaban J connectivity index is 3.54. The van der Waals surface area contributed by atoms with Gasteiger partial charge in [-0.15, -0.1) is 0 Å². The third-order valence-corrected chi connectivity index (χ3v) is 2.20. The average molecular weight is 232 g/mol. The van der Waals surface area contributed by atoms with E-state index in [-0.39, 0.29) is 10.0 Å². The van der Waals surface area contributed by atoms with E-state index in [0.29, 0.717) is 5.56 Å². The lowest BCUT2D eigenvalue weighted by molar-refractivity contribution is 0.0695. The van der Waals surface area contributed by atoms with Crippen LogP contribution >= 0.6 is 15.9 Å². The number of H-pyrrole nitrogens is 1. The number of carbonyl (C=O) groups is 1. The molecule has 5 heteroatoms. The Morgan fingerprint density at radius 2 is 2.25 bits per heavy atom. The highest BCUT2D eigenvalue weighted by molar-refractivity contribution is 9.10. The van der Waals surface area contributed by atoms with Gasteiger partial charge >= 0.3 is 5.97 Å². The van der Waals surface area contributed by atoms with Crippen molar-refractivity contribution in [1.82, 2.24) is 4.98 Å². The molecule has 1 rings (SSSR count). The van der Waals surface area contributed by atoms with Crippen LogP contribution in [-0.2, 0) is 0 Å². The summed E-state index contributed by atoms with van der Waals surface area (Å²) in [6, 6.07) is 0. The smallest absolute Gasteiger partial charge is 0.337 e. The van der Waals surface area contributed by atoms with Gasteiger partial charge in [-0.05, 0) is 28.4 Å². The van der Waals surface area contributed by atoms with Gasteiger partial charge in [0, 0.05) is 6.20 Å². The number of carboxylic acids is 1. The monoisotopic (exact) mass is 231 g/mol. The van der Waals surface area contributed by atoms with E-state index in [1.54, 1.807) is 6.92 Å². The van der Waals surface area contributed by atoms with Gasteiger partial charge in [-0.3, -0.25) is 4.79 Å². The first-order chi connectivity index (χ1) is 5.54. The normalized spacial score (nSPS) is 9.83. The molecule has 1 aromatic rings. The molecule has 0 unspecified atom stereocenters. The number of aryl methyl sites for hydroxylation is 1. The Bertz CT molecular complexity index is 383. The van der Waals surface area contributed by atoms with Gasteiger partial charge in [0.25, 0.3) is 5.56 Å². The predicted octanol–water partition coefficient (Wildman–Crippen LogP) is 1.14. The number of aromatic nitrogens is 1. The highest BCUT2D eigenvalue weighted by Gasteiger charge is 2.13. The highest BCUT2D eigenvalue weighted by Crippen LogP contribution is 2.14. The topological polar surface area (TPSA) is 70.2 Å². The zero-order valence-corrected chi connectivity index (χ0v) is 7.81. The molecular weight excluding hydrogens is 226 g/mol. The minimum absolute atomic E-state index is 0.0127. The lowest BCUT2D eigenvalue weighted by atomic mass is 10.2. The second-order valence-corrected chi connectivity index (χ2v) is 3.09. The van der Waals surface area contributed by atoms with Crippen LogP contribution in [0.2, 0.25) is 0 Å². The highest BCUT2D eigenvalue weighted by atomic mass is 79.9. The van der Waals surface area contributed by atoms with E-state index in [4.69, 9.17) is 5.11 Å². The molecule has 0 saturated carbocycles. The molecule has 0 aliphatic carbocycles. The summed E-state index contributed by atoms with van der Waals surface area (Å²) in [5, 5.41) is 8.69. The number of aromatic carboxylic acids is 1. The lowest BCUT2D eigenvalue weighted by Gasteiger charge is -2.00. The number of hydrogen-bond acceptors (Lipinski definition) is 2. The molecule has 4 nitrogen and oxygen atoms in total. The second kappa shape index (κ2) is 3.10. The Morgan fingerprint density at radius 3 is 2.67 bits per heavy atom. The van der Waals surface area contributed by atoms with Gasteiger partial charge in [0.05, 0.1) is 10.0 Å². The number of hydrogen-bond donors (Lipinski definition) is 2. The molecule has 2 N–H and O–H groups in total. The van der Waals surface area contributed by atoms with Crippen LogP contribution in [0, 0.1) is 6.92 Å². The van der Waals surface area contributed by atoms with Crippen molar-refractivity contribution < 1.29 is 9.90 Å². The van der Waals surface area contributed by atoms with Crippen LogP contribution in [-0.4, -0.2) is 16.1 Å². The van der Waals surface area contributed by atoms with E-state index in [2.05, 4.69) is 20.9 Å². The van der Waals surface area contributed by atoms with E-state index >= 15 is 0 Å². The number of carboxylic acid groups (broad SMARTS) is 1. The molecule has 0 amide bonds. The van der Waals surface area contributed by atoms with Gasteiger partial charge in [-0.2, -0.15) is 0 Å². The molecule has 0 saturated heterocycles. The Morgan fingerprint density at radius 1 is 1.67 bits per heavy atom. The third-order valence-electron chi connectivity index (χ3n) is 1.45. The Labute approximate surface area is 76.4 Å². The molecule has 0 atom stereocenters. The van der Waals surface area contributed by atoms with Crippen LogP contribution in [0.5, 0.6) is 0 Å². The molecule has 0 bridgehead atoms. The number of rotatable bonds is 1. The molecule has 0 fully saturated rings. The first kappa shape index (κ1) is 8.99. The van der Waals surface area contributed by atoms with Crippen LogP contribution in [0.1, 0.15) is 15.9 Å². The van der Waals surface area contributed by atoms with Crippen molar-refractivity contribution >= 4 is 21.9 Å². The van der Waals surface area contributed by atoms with Crippen molar-refractivity contribution in [1.29, 1.82) is 0 Å². The lowest BCUT2D eigenvalue weighted by Crippen LogP contribution is -2.13. The van der Waals surface area contributed by atoms with E-state index < -0.39 is 11.5 Å². The number of nitrogens with one attached hydrogen (secondary N) is 1. The molecule has 0 radical (unpaired) electrons. The predicted molar refractivity (Wildman–Crippen MR) is 46.5 cm³/mol. The molecule has 0 aliphatic heterocycles. The van der Waals surface area contributed by atoms with Gasteiger partial charge in [0.2, 0.25) is 0 Å². The number of halogens is 1. The van der Waals surface area contributed by atoms with Crippen molar-refractivity contribution in [3.05, 3.63) is 32.2 Å². The first-order valence-corrected chi connectivity index (χ1v) is 3.94. The van der Waals surface area contributed by atoms with E-state index in [9.17, 15) is 9.59 Å². The maximum absolute atomic E-state index is 10.9. The maximum Gasteiger partial charge on any atom is 0.337 e. The van der Waals surface area contributed by atoms with E-state index in [1.165, 1.54) is 6.20 Å². The minimum atomic E-state index is -1.11. The molecule has 12 heavy (non-hydrogen) atoms. The molecule has 1 aromatic heterocycles. The van der Waals surface area contributed by atoms with E-state index in [1.807, 2.05) is 0 Å². The van der Waals surface area contributed by atoms with E-state index in [0.717, 1.165) is 0 Å². The molecule has 0 spiro atoms. The zero-order valence-electron chi connectivity index (χ0n) is 6.22. The summed E-state index contributed by atoms with van der Waals surface area (Å²) >= 11 is 2.91. The number of aromatic amines is 1. The quantitative estimate of drug-likeness (QED) is 0.762. The first-order valence-electron chi connectivity index (χ1n) is 3.15. The van der Waals surface area contributed by atoms with Gasteiger partial charge in [-0.1, -0.05) is 0 Å². The van der Waals surface area contributed by atoms with Crippen LogP contribution in [0.4, 0.5) is 0 Å². The summed E-state index contributed by atoms with van der Waals surface area (Å²) in [6.07, 6.45) is 1.37.